The van der Waals surface area contributed by atoms with Gasteiger partial charge in [-0.15, -0.1) is 0 Å². The van der Waals surface area contributed by atoms with E-state index >= 15 is 0 Å². The summed E-state index contributed by atoms with van der Waals surface area (Å²) in [5.41, 5.74) is 7.08. The monoisotopic (exact) mass is 502 g/mol. The first kappa shape index (κ1) is 26.5. The minimum Gasteiger partial charge on any atom is -0.497 e. The Bertz CT molecular complexity index is 1220. The minimum absolute atomic E-state index is 0.0338. The second kappa shape index (κ2) is 11.2. The smallest absolute Gasteiger partial charge is 0.307 e. The molecule has 3 aromatic rings. The van der Waals surface area contributed by atoms with Gasteiger partial charge >= 0.3 is 5.97 Å². The molecule has 196 valence electrons. The molecule has 1 fully saturated rings. The summed E-state index contributed by atoms with van der Waals surface area (Å²) in [4.78, 5) is 19.0. The summed E-state index contributed by atoms with van der Waals surface area (Å²) in [5, 5.41) is 9.69. The summed E-state index contributed by atoms with van der Waals surface area (Å²) in [6.07, 6.45) is 2.91. The highest BCUT2D eigenvalue weighted by Gasteiger charge is 2.30. The molecule has 1 aliphatic rings. The number of piperidine rings is 1. The van der Waals surface area contributed by atoms with Crippen molar-refractivity contribution < 1.29 is 19.4 Å². The fourth-order valence-corrected chi connectivity index (χ4v) is 5.06. The number of benzene rings is 2. The van der Waals surface area contributed by atoms with E-state index in [-0.39, 0.29) is 6.42 Å². The second-order valence-corrected chi connectivity index (χ2v) is 10.7. The van der Waals surface area contributed by atoms with Crippen LogP contribution in [0.3, 0.4) is 0 Å². The van der Waals surface area contributed by atoms with Gasteiger partial charge in [0.05, 0.1) is 25.8 Å². The van der Waals surface area contributed by atoms with Crippen molar-refractivity contribution in [2.75, 3.05) is 31.7 Å². The Labute approximate surface area is 220 Å². The summed E-state index contributed by atoms with van der Waals surface area (Å²) < 4.78 is 11.2. The molecule has 0 radical (unpaired) electrons. The largest absolute Gasteiger partial charge is 0.497 e. The number of rotatable bonds is 9. The molecular formula is C31H38N2O4. The van der Waals surface area contributed by atoms with Crippen LogP contribution in [0.1, 0.15) is 49.2 Å². The fourth-order valence-electron chi connectivity index (χ4n) is 5.06. The highest BCUT2D eigenvalue weighted by atomic mass is 16.5. The molecule has 1 N–H and O–H groups in total. The summed E-state index contributed by atoms with van der Waals surface area (Å²) in [6, 6.07) is 16.1. The molecule has 0 aliphatic carbocycles. The molecule has 1 saturated heterocycles. The molecule has 6 heteroatoms. The topological polar surface area (TPSA) is 71.9 Å². The van der Waals surface area contributed by atoms with E-state index in [1.165, 1.54) is 5.56 Å². The first-order chi connectivity index (χ1) is 17.7. The summed E-state index contributed by atoms with van der Waals surface area (Å²) in [7, 11) is 1.67. The van der Waals surface area contributed by atoms with Gasteiger partial charge in [0.25, 0.3) is 0 Å². The number of methoxy groups -OCH3 is 1. The summed E-state index contributed by atoms with van der Waals surface area (Å²) in [5.74, 6) is 0.821. The molecule has 0 bridgehead atoms. The Balaban J connectivity index is 1.58. The van der Waals surface area contributed by atoms with Gasteiger partial charge in [-0.2, -0.15) is 0 Å². The maximum Gasteiger partial charge on any atom is 0.307 e. The lowest BCUT2D eigenvalue weighted by Crippen LogP contribution is -2.38. The van der Waals surface area contributed by atoms with E-state index < -0.39 is 5.97 Å². The van der Waals surface area contributed by atoms with Crippen molar-refractivity contribution in [3.63, 3.8) is 0 Å². The predicted octanol–water partition coefficient (Wildman–Crippen LogP) is 6.25. The number of aliphatic carboxylic acids is 1. The van der Waals surface area contributed by atoms with Gasteiger partial charge in [-0.25, -0.2) is 0 Å². The summed E-state index contributed by atoms with van der Waals surface area (Å²) in [6.45, 7) is 10.9. The average Bonchev–Trinajstić information content (AvgIpc) is 2.86. The van der Waals surface area contributed by atoms with Gasteiger partial charge in [-0.1, -0.05) is 38.1 Å². The van der Waals surface area contributed by atoms with Gasteiger partial charge in [-0.05, 0) is 67.5 Å². The van der Waals surface area contributed by atoms with Crippen LogP contribution in [-0.2, 0) is 17.6 Å². The normalized spacial score (nSPS) is 14.9. The Morgan fingerprint density at radius 2 is 1.59 bits per heavy atom. The van der Waals surface area contributed by atoms with Crippen LogP contribution < -0.4 is 14.4 Å². The van der Waals surface area contributed by atoms with E-state index in [0.717, 1.165) is 77.6 Å². The van der Waals surface area contributed by atoms with E-state index in [9.17, 15) is 9.90 Å². The number of hydrogen-bond donors (Lipinski definition) is 1. The molecule has 37 heavy (non-hydrogen) atoms. The van der Waals surface area contributed by atoms with Crippen LogP contribution >= 0.6 is 0 Å². The van der Waals surface area contributed by atoms with Gasteiger partial charge in [0.2, 0.25) is 0 Å². The molecule has 6 nitrogen and oxygen atoms in total. The predicted molar refractivity (Wildman–Crippen MR) is 148 cm³/mol. The fraction of sp³-hybridized carbons (Fsp3) is 0.419. The number of aromatic nitrogens is 1. The highest BCUT2D eigenvalue weighted by Crippen LogP contribution is 2.41. The van der Waals surface area contributed by atoms with Crippen molar-refractivity contribution in [3.8, 4) is 22.6 Å². The molecule has 0 saturated carbocycles. The van der Waals surface area contributed by atoms with Gasteiger partial charge < -0.3 is 19.5 Å². The van der Waals surface area contributed by atoms with E-state index in [1.807, 2.05) is 38.1 Å². The Hall–Kier alpha value is -3.54. The molecule has 0 atom stereocenters. The molecule has 1 aromatic heterocycles. The molecule has 1 aliphatic heterocycles. The second-order valence-electron chi connectivity index (χ2n) is 10.7. The van der Waals surface area contributed by atoms with Crippen LogP contribution in [0.4, 0.5) is 5.69 Å². The van der Waals surface area contributed by atoms with Crippen molar-refractivity contribution in [1.82, 2.24) is 4.98 Å². The highest BCUT2D eigenvalue weighted by molar-refractivity contribution is 5.86. The van der Waals surface area contributed by atoms with Crippen molar-refractivity contribution in [2.45, 2.75) is 53.4 Å². The van der Waals surface area contributed by atoms with E-state index in [4.69, 9.17) is 14.5 Å². The van der Waals surface area contributed by atoms with Gasteiger partial charge in [0.15, 0.2) is 0 Å². The number of carboxylic acids is 1. The lowest BCUT2D eigenvalue weighted by molar-refractivity contribution is -0.136. The maximum atomic E-state index is 11.8. The third-order valence-corrected chi connectivity index (χ3v) is 7.38. The SMILES string of the molecule is COc1ccc(CCOc2ccc(-c3c(C)nc(C)c(CC(=O)O)c3N3CCC(C)(C)CC3)cc2)cc1. The quantitative estimate of drug-likeness (QED) is 0.373. The third-order valence-electron chi connectivity index (χ3n) is 7.38. The molecule has 2 aromatic carbocycles. The van der Waals surface area contributed by atoms with Crippen LogP contribution in [0, 0.1) is 19.3 Å². The maximum absolute atomic E-state index is 11.8. The Morgan fingerprint density at radius 3 is 2.19 bits per heavy atom. The molecular weight excluding hydrogens is 464 g/mol. The van der Waals surface area contributed by atoms with Crippen LogP contribution in [0.25, 0.3) is 11.1 Å². The third kappa shape index (κ3) is 6.43. The minimum atomic E-state index is -0.834. The zero-order chi connectivity index (χ0) is 26.6. The van der Waals surface area contributed by atoms with Crippen molar-refractivity contribution in [1.29, 1.82) is 0 Å². The molecule has 4 rings (SSSR count). The standard InChI is InChI=1S/C31H38N2O4/c1-21-27(20-28(34)35)30(33-17-15-31(3,4)16-18-33)29(22(2)32-21)24-8-12-26(13-9-24)37-19-14-23-6-10-25(36-5)11-7-23/h6-13H,14-20H2,1-5H3,(H,34,35). The van der Waals surface area contributed by atoms with Crippen LogP contribution in [0.2, 0.25) is 0 Å². The van der Waals surface area contributed by atoms with E-state index in [0.29, 0.717) is 12.0 Å². The zero-order valence-electron chi connectivity index (χ0n) is 22.6. The number of carboxylic acid groups (broad SMARTS) is 1. The lowest BCUT2D eigenvalue weighted by Gasteiger charge is -2.40. The number of pyridine rings is 1. The first-order valence-corrected chi connectivity index (χ1v) is 13.0. The van der Waals surface area contributed by atoms with Crippen molar-refractivity contribution >= 4 is 11.7 Å². The van der Waals surface area contributed by atoms with Crippen LogP contribution in [0.15, 0.2) is 48.5 Å². The number of carbonyl (C=O) groups is 1. The number of nitrogens with zero attached hydrogens (tertiary/aromatic N) is 2. The average molecular weight is 503 g/mol. The molecule has 0 spiro atoms. The molecule has 2 heterocycles. The van der Waals surface area contributed by atoms with Gasteiger partial charge in [0.1, 0.15) is 11.5 Å². The van der Waals surface area contributed by atoms with Gasteiger partial charge in [-0.3, -0.25) is 9.78 Å². The number of hydrogen-bond acceptors (Lipinski definition) is 5. The molecule has 0 unspecified atom stereocenters. The van der Waals surface area contributed by atoms with Crippen LogP contribution in [-0.4, -0.2) is 42.9 Å². The van der Waals surface area contributed by atoms with E-state index in [1.54, 1.807) is 7.11 Å². The first-order valence-electron chi connectivity index (χ1n) is 13.0. The number of anilines is 1. The van der Waals surface area contributed by atoms with Crippen molar-refractivity contribution in [3.05, 3.63) is 71.0 Å². The Morgan fingerprint density at radius 1 is 0.973 bits per heavy atom. The van der Waals surface area contributed by atoms with Gasteiger partial charge in [0, 0.05) is 42.0 Å². The molecule has 0 amide bonds. The lowest BCUT2D eigenvalue weighted by atomic mass is 9.82. The number of ether oxygens (including phenoxy) is 2. The summed E-state index contributed by atoms with van der Waals surface area (Å²) >= 11 is 0. The van der Waals surface area contributed by atoms with Crippen LogP contribution in [0.5, 0.6) is 11.5 Å². The van der Waals surface area contributed by atoms with Crippen molar-refractivity contribution in [2.24, 2.45) is 5.41 Å². The Kier molecular flexibility index (Phi) is 8.06. The number of aryl methyl sites for hydroxylation is 2. The van der Waals surface area contributed by atoms with E-state index in [2.05, 4.69) is 43.0 Å². The zero-order valence-corrected chi connectivity index (χ0v) is 22.6.